The van der Waals surface area contributed by atoms with Gasteiger partial charge in [0, 0.05) is 12.6 Å². The highest BCUT2D eigenvalue weighted by molar-refractivity contribution is 5.69. The van der Waals surface area contributed by atoms with E-state index in [-0.39, 0.29) is 12.0 Å². The molecule has 1 aromatic carbocycles. The topological polar surface area (TPSA) is 40.5 Å². The Balaban J connectivity index is 2.82. The molecular weight excluding hydrogens is 226 g/mol. The second kappa shape index (κ2) is 6.01. The van der Waals surface area contributed by atoms with E-state index in [9.17, 15) is 4.79 Å². The second-order valence-electron chi connectivity index (χ2n) is 5.21. The molecule has 0 aromatic heterocycles. The van der Waals surface area contributed by atoms with E-state index in [1.165, 1.54) is 16.7 Å². The summed E-state index contributed by atoms with van der Waals surface area (Å²) in [6.45, 7) is 8.60. The number of aliphatic carboxylic acids is 1. The van der Waals surface area contributed by atoms with E-state index in [1.807, 2.05) is 7.05 Å². The van der Waals surface area contributed by atoms with Crippen LogP contribution >= 0.6 is 0 Å². The van der Waals surface area contributed by atoms with E-state index >= 15 is 0 Å². The number of carboxylic acids is 1. The first-order chi connectivity index (χ1) is 8.32. The van der Waals surface area contributed by atoms with Gasteiger partial charge in [0.05, 0.1) is 5.92 Å². The van der Waals surface area contributed by atoms with E-state index in [0.717, 1.165) is 0 Å². The van der Waals surface area contributed by atoms with Gasteiger partial charge in [-0.25, -0.2) is 0 Å². The average Bonchev–Trinajstić information content (AvgIpc) is 2.31. The van der Waals surface area contributed by atoms with Crippen molar-refractivity contribution >= 4 is 5.97 Å². The maximum Gasteiger partial charge on any atom is 0.307 e. The molecule has 2 unspecified atom stereocenters. The van der Waals surface area contributed by atoms with Crippen molar-refractivity contribution < 1.29 is 9.90 Å². The van der Waals surface area contributed by atoms with Crippen LogP contribution in [0, 0.1) is 19.8 Å². The van der Waals surface area contributed by atoms with E-state index in [4.69, 9.17) is 5.11 Å². The molecule has 1 aromatic rings. The van der Waals surface area contributed by atoms with Crippen LogP contribution in [0.15, 0.2) is 18.2 Å². The normalized spacial score (nSPS) is 14.6. The van der Waals surface area contributed by atoms with Crippen LogP contribution in [0.1, 0.15) is 36.6 Å². The molecule has 0 spiro atoms. The number of hydrogen-bond acceptors (Lipinski definition) is 2. The summed E-state index contributed by atoms with van der Waals surface area (Å²) in [5.74, 6) is -1.09. The quantitative estimate of drug-likeness (QED) is 0.872. The van der Waals surface area contributed by atoms with E-state index in [1.54, 1.807) is 6.92 Å². The van der Waals surface area contributed by atoms with Gasteiger partial charge in [-0.15, -0.1) is 0 Å². The van der Waals surface area contributed by atoms with Gasteiger partial charge in [0.2, 0.25) is 0 Å². The van der Waals surface area contributed by atoms with E-state index < -0.39 is 5.97 Å². The molecular formula is C15H23NO2. The van der Waals surface area contributed by atoms with Gasteiger partial charge in [-0.1, -0.05) is 30.7 Å². The summed E-state index contributed by atoms with van der Waals surface area (Å²) in [6, 6.07) is 6.63. The van der Waals surface area contributed by atoms with Crippen molar-refractivity contribution in [1.82, 2.24) is 4.90 Å². The lowest BCUT2D eigenvalue weighted by Crippen LogP contribution is -2.31. The molecule has 3 heteroatoms. The minimum atomic E-state index is -0.741. The van der Waals surface area contributed by atoms with Crippen molar-refractivity contribution in [3.05, 3.63) is 34.9 Å². The minimum absolute atomic E-state index is 0.228. The Morgan fingerprint density at radius 3 is 2.50 bits per heavy atom. The Kier molecular flexibility index (Phi) is 4.91. The zero-order valence-corrected chi connectivity index (χ0v) is 11.9. The largest absolute Gasteiger partial charge is 0.481 e. The molecule has 2 atom stereocenters. The Morgan fingerprint density at radius 2 is 1.94 bits per heavy atom. The van der Waals surface area contributed by atoms with Gasteiger partial charge in [-0.2, -0.15) is 0 Å². The van der Waals surface area contributed by atoms with Crippen LogP contribution in [0.5, 0.6) is 0 Å². The average molecular weight is 249 g/mol. The standard InChI is InChI=1S/C15H23NO2/c1-10-6-7-11(2)14(8-10)13(4)16(5)9-12(3)15(17)18/h6-8,12-13H,9H2,1-5H3,(H,17,18). The van der Waals surface area contributed by atoms with Crippen LogP contribution in [-0.2, 0) is 4.79 Å². The molecule has 100 valence electrons. The summed E-state index contributed by atoms with van der Waals surface area (Å²) < 4.78 is 0. The molecule has 0 radical (unpaired) electrons. The highest BCUT2D eigenvalue weighted by Gasteiger charge is 2.19. The monoisotopic (exact) mass is 249 g/mol. The summed E-state index contributed by atoms with van der Waals surface area (Å²) in [4.78, 5) is 13.0. The van der Waals surface area contributed by atoms with Gasteiger partial charge < -0.3 is 5.11 Å². The van der Waals surface area contributed by atoms with Gasteiger partial charge in [0.1, 0.15) is 0 Å². The molecule has 1 N–H and O–H groups in total. The Labute approximate surface area is 109 Å². The molecule has 18 heavy (non-hydrogen) atoms. The molecule has 0 saturated heterocycles. The number of hydrogen-bond donors (Lipinski definition) is 1. The van der Waals surface area contributed by atoms with Crippen molar-refractivity contribution in [3.63, 3.8) is 0 Å². The predicted octanol–water partition coefficient (Wildman–Crippen LogP) is 3.02. The molecule has 0 heterocycles. The van der Waals surface area contributed by atoms with Crippen molar-refractivity contribution in [2.75, 3.05) is 13.6 Å². The molecule has 0 saturated carbocycles. The lowest BCUT2D eigenvalue weighted by atomic mass is 9.98. The van der Waals surface area contributed by atoms with Crippen molar-refractivity contribution in [2.24, 2.45) is 5.92 Å². The summed E-state index contributed by atoms with van der Waals surface area (Å²) in [5.41, 5.74) is 3.76. The summed E-state index contributed by atoms with van der Waals surface area (Å²) in [5, 5.41) is 8.96. The Hall–Kier alpha value is -1.35. The molecule has 0 aliphatic heterocycles. The van der Waals surface area contributed by atoms with Gasteiger partial charge in [-0.05, 0) is 38.9 Å². The lowest BCUT2D eigenvalue weighted by molar-refractivity contribution is -0.141. The number of carboxylic acid groups (broad SMARTS) is 1. The molecule has 0 aliphatic carbocycles. The number of benzene rings is 1. The molecule has 1 rings (SSSR count). The van der Waals surface area contributed by atoms with Crippen molar-refractivity contribution in [2.45, 2.75) is 33.7 Å². The molecule has 0 amide bonds. The molecule has 3 nitrogen and oxygen atoms in total. The smallest absolute Gasteiger partial charge is 0.307 e. The zero-order valence-electron chi connectivity index (χ0n) is 11.9. The van der Waals surface area contributed by atoms with Gasteiger partial charge >= 0.3 is 5.97 Å². The summed E-state index contributed by atoms with van der Waals surface area (Å²) in [7, 11) is 1.98. The third kappa shape index (κ3) is 3.57. The van der Waals surface area contributed by atoms with Gasteiger partial charge in [0.15, 0.2) is 0 Å². The zero-order chi connectivity index (χ0) is 13.9. The highest BCUT2D eigenvalue weighted by atomic mass is 16.4. The number of carbonyl (C=O) groups is 1. The van der Waals surface area contributed by atoms with Crippen molar-refractivity contribution in [3.8, 4) is 0 Å². The number of aryl methyl sites for hydroxylation is 2. The van der Waals surface area contributed by atoms with Crippen LogP contribution in [0.4, 0.5) is 0 Å². The number of nitrogens with zero attached hydrogens (tertiary/aromatic N) is 1. The maximum atomic E-state index is 10.9. The molecule has 0 bridgehead atoms. The van der Waals surface area contributed by atoms with Crippen LogP contribution in [0.3, 0.4) is 0 Å². The molecule has 0 aliphatic rings. The SMILES string of the molecule is Cc1ccc(C)c(C(C)N(C)CC(C)C(=O)O)c1. The Morgan fingerprint density at radius 1 is 1.33 bits per heavy atom. The van der Waals surface area contributed by atoms with Gasteiger partial charge in [0.25, 0.3) is 0 Å². The summed E-state index contributed by atoms with van der Waals surface area (Å²) in [6.07, 6.45) is 0. The van der Waals surface area contributed by atoms with Crippen LogP contribution in [-0.4, -0.2) is 29.6 Å². The van der Waals surface area contributed by atoms with E-state index in [2.05, 4.69) is 43.9 Å². The third-order valence-electron chi connectivity index (χ3n) is 3.53. The van der Waals surface area contributed by atoms with Gasteiger partial charge in [-0.3, -0.25) is 9.69 Å². The predicted molar refractivity (Wildman–Crippen MR) is 73.8 cm³/mol. The van der Waals surface area contributed by atoms with Crippen molar-refractivity contribution in [1.29, 1.82) is 0 Å². The fraction of sp³-hybridized carbons (Fsp3) is 0.533. The fourth-order valence-electron chi connectivity index (χ4n) is 2.12. The first kappa shape index (κ1) is 14.7. The Bertz CT molecular complexity index is 429. The number of rotatable bonds is 5. The lowest BCUT2D eigenvalue weighted by Gasteiger charge is -2.28. The van der Waals surface area contributed by atoms with E-state index in [0.29, 0.717) is 6.54 Å². The van der Waals surface area contributed by atoms with Crippen LogP contribution in [0.25, 0.3) is 0 Å². The molecule has 0 fully saturated rings. The first-order valence-electron chi connectivity index (χ1n) is 6.33. The summed E-state index contributed by atoms with van der Waals surface area (Å²) >= 11 is 0. The highest BCUT2D eigenvalue weighted by Crippen LogP contribution is 2.24. The first-order valence-corrected chi connectivity index (χ1v) is 6.33. The second-order valence-corrected chi connectivity index (χ2v) is 5.21. The maximum absolute atomic E-state index is 10.9. The van der Waals surface area contributed by atoms with Crippen LogP contribution < -0.4 is 0 Å². The van der Waals surface area contributed by atoms with Crippen LogP contribution in [0.2, 0.25) is 0 Å². The minimum Gasteiger partial charge on any atom is -0.481 e. The third-order valence-corrected chi connectivity index (χ3v) is 3.53. The fourth-order valence-corrected chi connectivity index (χ4v) is 2.12.